The van der Waals surface area contributed by atoms with Crippen molar-refractivity contribution in [3.8, 4) is 16.9 Å². The fraction of sp³-hybridized carbons (Fsp3) is 0.188. The zero-order valence-electron chi connectivity index (χ0n) is 11.5. The van der Waals surface area contributed by atoms with Crippen LogP contribution < -0.4 is 10.2 Å². The van der Waals surface area contributed by atoms with Crippen molar-refractivity contribution in [2.75, 3.05) is 6.61 Å². The van der Waals surface area contributed by atoms with Crippen LogP contribution in [-0.4, -0.2) is 11.6 Å². The number of hydrogen-bond donors (Lipinski definition) is 1. The molecular formula is C16H14FNO3. The lowest BCUT2D eigenvalue weighted by atomic mass is 10.1. The maximum absolute atomic E-state index is 14.1. The van der Waals surface area contributed by atoms with Gasteiger partial charge >= 0.3 is 0 Å². The first-order chi connectivity index (χ1) is 10.2. The minimum atomic E-state index is -0.569. The molecule has 5 heteroatoms. The predicted molar refractivity (Wildman–Crippen MR) is 78.0 cm³/mol. The fourth-order valence-corrected chi connectivity index (χ4v) is 2.23. The van der Waals surface area contributed by atoms with Crippen LogP contribution in [0.2, 0.25) is 0 Å². The molecule has 0 bridgehead atoms. The molecule has 0 aliphatic rings. The number of nitrogens with one attached hydrogen (secondary N) is 1. The van der Waals surface area contributed by atoms with Gasteiger partial charge in [0.25, 0.3) is 0 Å². The van der Waals surface area contributed by atoms with Gasteiger partial charge in [-0.1, -0.05) is 6.92 Å². The molecule has 0 amide bonds. The van der Waals surface area contributed by atoms with Crippen molar-refractivity contribution in [1.29, 1.82) is 0 Å². The number of furan rings is 1. The van der Waals surface area contributed by atoms with Gasteiger partial charge in [0.2, 0.25) is 0 Å². The van der Waals surface area contributed by atoms with Crippen molar-refractivity contribution in [1.82, 2.24) is 4.98 Å². The van der Waals surface area contributed by atoms with E-state index in [2.05, 4.69) is 4.98 Å². The first-order valence-corrected chi connectivity index (χ1v) is 6.71. The van der Waals surface area contributed by atoms with Crippen LogP contribution in [-0.2, 0) is 0 Å². The molecule has 0 saturated heterocycles. The first-order valence-electron chi connectivity index (χ1n) is 6.71. The highest BCUT2D eigenvalue weighted by Crippen LogP contribution is 2.26. The number of pyridine rings is 1. The molecule has 0 fully saturated rings. The standard InChI is InChI=1S/C16H14FNO3/c1-2-6-21-13-4-3-12(17)14-15(13)18-8-11(16(14)19)10-5-7-20-9-10/h3-5,7-9H,2,6H2,1H3,(H,18,19). The van der Waals surface area contributed by atoms with Crippen molar-refractivity contribution in [3.05, 3.63) is 53.0 Å². The van der Waals surface area contributed by atoms with Gasteiger partial charge in [-0.2, -0.15) is 0 Å². The lowest BCUT2D eigenvalue weighted by Crippen LogP contribution is -2.09. The summed E-state index contributed by atoms with van der Waals surface area (Å²) in [6.07, 6.45) is 5.30. The molecular weight excluding hydrogens is 273 g/mol. The summed E-state index contributed by atoms with van der Waals surface area (Å²) < 4.78 is 24.6. The lowest BCUT2D eigenvalue weighted by Gasteiger charge is -2.09. The molecule has 0 aliphatic heterocycles. The van der Waals surface area contributed by atoms with Gasteiger partial charge in [-0.15, -0.1) is 0 Å². The summed E-state index contributed by atoms with van der Waals surface area (Å²) in [4.78, 5) is 15.5. The van der Waals surface area contributed by atoms with Gasteiger partial charge in [-0.05, 0) is 24.6 Å². The third-order valence-corrected chi connectivity index (χ3v) is 3.24. The van der Waals surface area contributed by atoms with E-state index in [1.807, 2.05) is 6.92 Å². The highest BCUT2D eigenvalue weighted by atomic mass is 19.1. The number of aromatic amines is 1. The van der Waals surface area contributed by atoms with Crippen LogP contribution in [0.3, 0.4) is 0 Å². The maximum atomic E-state index is 14.1. The second-order valence-corrected chi connectivity index (χ2v) is 4.69. The number of fused-ring (bicyclic) bond motifs is 1. The summed E-state index contributed by atoms with van der Waals surface area (Å²) in [7, 11) is 0. The number of rotatable bonds is 4. The average molecular weight is 287 g/mol. The minimum absolute atomic E-state index is 0.00213. The van der Waals surface area contributed by atoms with Crippen LogP contribution in [0.5, 0.6) is 5.75 Å². The van der Waals surface area contributed by atoms with Gasteiger partial charge in [0.15, 0.2) is 5.43 Å². The summed E-state index contributed by atoms with van der Waals surface area (Å²) >= 11 is 0. The van der Waals surface area contributed by atoms with Gasteiger partial charge in [0.05, 0.1) is 30.0 Å². The van der Waals surface area contributed by atoms with Gasteiger partial charge in [-0.3, -0.25) is 4.79 Å². The molecule has 1 aromatic carbocycles. The highest BCUT2D eigenvalue weighted by molar-refractivity contribution is 5.88. The zero-order valence-corrected chi connectivity index (χ0v) is 11.5. The smallest absolute Gasteiger partial charge is 0.200 e. The van der Waals surface area contributed by atoms with Crippen molar-refractivity contribution >= 4 is 10.9 Å². The van der Waals surface area contributed by atoms with Crippen molar-refractivity contribution in [2.45, 2.75) is 13.3 Å². The summed E-state index contributed by atoms with van der Waals surface area (Å²) in [5.41, 5.74) is 0.963. The molecule has 3 aromatic rings. The summed E-state index contributed by atoms with van der Waals surface area (Å²) in [6.45, 7) is 2.48. The summed E-state index contributed by atoms with van der Waals surface area (Å²) in [5, 5.41) is 0.00213. The molecule has 1 N–H and O–H groups in total. The number of hydrogen-bond acceptors (Lipinski definition) is 3. The average Bonchev–Trinajstić information content (AvgIpc) is 3.01. The fourth-order valence-electron chi connectivity index (χ4n) is 2.23. The number of benzene rings is 1. The van der Waals surface area contributed by atoms with Crippen LogP contribution >= 0.6 is 0 Å². The molecule has 0 spiro atoms. The molecule has 0 radical (unpaired) electrons. The van der Waals surface area contributed by atoms with Crippen LogP contribution in [0.15, 0.2) is 46.1 Å². The van der Waals surface area contributed by atoms with Crippen LogP contribution in [0.25, 0.3) is 22.0 Å². The maximum Gasteiger partial charge on any atom is 0.200 e. The topological polar surface area (TPSA) is 55.2 Å². The Morgan fingerprint density at radius 2 is 2.19 bits per heavy atom. The third-order valence-electron chi connectivity index (χ3n) is 3.24. The van der Waals surface area contributed by atoms with E-state index in [1.165, 1.54) is 24.7 Å². The lowest BCUT2D eigenvalue weighted by molar-refractivity contribution is 0.320. The molecule has 0 aliphatic carbocycles. The van der Waals surface area contributed by atoms with Crippen molar-refractivity contribution < 1.29 is 13.5 Å². The van der Waals surface area contributed by atoms with Crippen LogP contribution in [0.4, 0.5) is 4.39 Å². The Morgan fingerprint density at radius 3 is 2.90 bits per heavy atom. The van der Waals surface area contributed by atoms with E-state index in [1.54, 1.807) is 12.3 Å². The van der Waals surface area contributed by atoms with Crippen molar-refractivity contribution in [2.24, 2.45) is 0 Å². The van der Waals surface area contributed by atoms with E-state index in [-0.39, 0.29) is 10.8 Å². The van der Waals surface area contributed by atoms with E-state index < -0.39 is 5.82 Å². The van der Waals surface area contributed by atoms with E-state index >= 15 is 0 Å². The molecule has 4 nitrogen and oxygen atoms in total. The normalized spacial score (nSPS) is 11.0. The summed E-state index contributed by atoms with van der Waals surface area (Å²) in [6, 6.07) is 4.44. The third kappa shape index (κ3) is 2.31. The molecule has 0 unspecified atom stereocenters. The van der Waals surface area contributed by atoms with Gasteiger partial charge in [0, 0.05) is 17.3 Å². The molecule has 2 heterocycles. The number of aromatic nitrogens is 1. The molecule has 0 atom stereocenters. The van der Waals surface area contributed by atoms with Gasteiger partial charge in [-0.25, -0.2) is 4.39 Å². The zero-order chi connectivity index (χ0) is 14.8. The van der Waals surface area contributed by atoms with E-state index in [4.69, 9.17) is 9.15 Å². The Hall–Kier alpha value is -2.56. The SMILES string of the molecule is CCCOc1ccc(F)c2c(=O)c(-c3ccoc3)c[nH]c12. The van der Waals surface area contributed by atoms with Crippen LogP contribution in [0, 0.1) is 5.82 Å². The second-order valence-electron chi connectivity index (χ2n) is 4.69. The van der Waals surface area contributed by atoms with Crippen molar-refractivity contribution in [3.63, 3.8) is 0 Å². The Kier molecular flexibility index (Phi) is 3.48. The van der Waals surface area contributed by atoms with E-state index in [0.29, 0.717) is 29.0 Å². The van der Waals surface area contributed by atoms with Crippen LogP contribution in [0.1, 0.15) is 13.3 Å². The number of ether oxygens (including phenoxy) is 1. The van der Waals surface area contributed by atoms with Gasteiger partial charge < -0.3 is 14.1 Å². The largest absolute Gasteiger partial charge is 0.491 e. The summed E-state index contributed by atoms with van der Waals surface area (Å²) in [5.74, 6) is -0.0930. The predicted octanol–water partition coefficient (Wildman–Crippen LogP) is 3.72. The first kappa shape index (κ1) is 13.4. The quantitative estimate of drug-likeness (QED) is 0.795. The molecule has 0 saturated carbocycles. The number of H-pyrrole nitrogens is 1. The Balaban J connectivity index is 2.24. The molecule has 108 valence electrons. The minimum Gasteiger partial charge on any atom is -0.491 e. The highest BCUT2D eigenvalue weighted by Gasteiger charge is 2.15. The van der Waals surface area contributed by atoms with Gasteiger partial charge in [0.1, 0.15) is 11.6 Å². The Labute approximate surface area is 120 Å². The van der Waals surface area contributed by atoms with E-state index in [9.17, 15) is 9.18 Å². The molecule has 2 aromatic heterocycles. The monoisotopic (exact) mass is 287 g/mol. The second kappa shape index (κ2) is 5.44. The molecule has 3 rings (SSSR count). The number of halogens is 1. The Morgan fingerprint density at radius 1 is 1.33 bits per heavy atom. The Bertz CT molecular complexity index is 821. The molecule has 21 heavy (non-hydrogen) atoms. The van der Waals surface area contributed by atoms with E-state index in [0.717, 1.165) is 6.42 Å².